The quantitative estimate of drug-likeness (QED) is 0.275. The van der Waals surface area contributed by atoms with E-state index in [0.717, 1.165) is 36.4 Å². The van der Waals surface area contributed by atoms with Crippen LogP contribution in [0.15, 0.2) is 47.1 Å². The molecule has 0 aromatic rings. The van der Waals surface area contributed by atoms with E-state index in [1.807, 2.05) is 6.08 Å². The summed E-state index contributed by atoms with van der Waals surface area (Å²) in [5, 5.41) is 0. The van der Waals surface area contributed by atoms with Crippen LogP contribution in [0.25, 0.3) is 0 Å². The Labute approximate surface area is 190 Å². The van der Waals surface area contributed by atoms with Gasteiger partial charge in [0.2, 0.25) is 0 Å². The van der Waals surface area contributed by atoms with Gasteiger partial charge in [0.05, 0.1) is 0 Å². The number of fused-ring (bicyclic) bond motifs is 3. The van der Waals surface area contributed by atoms with Crippen LogP contribution >= 0.6 is 0 Å². The largest absolute Gasteiger partial charge is 0.302 e. The predicted octanol–water partition coefficient (Wildman–Crippen LogP) is 6.90. The third kappa shape index (κ3) is 4.70. The molecule has 0 spiro atoms. The van der Waals surface area contributed by atoms with Gasteiger partial charge in [-0.25, -0.2) is 0 Å². The van der Waals surface area contributed by atoms with Crippen LogP contribution in [0.4, 0.5) is 0 Å². The second-order valence-corrected chi connectivity index (χ2v) is 10.9. The van der Waals surface area contributed by atoms with E-state index in [1.54, 1.807) is 11.1 Å². The average Bonchev–Trinajstić information content (AvgIpc) is 3.26. The van der Waals surface area contributed by atoms with E-state index in [2.05, 4.69) is 50.1 Å². The van der Waals surface area contributed by atoms with Crippen LogP contribution in [-0.2, 0) is 4.79 Å². The van der Waals surface area contributed by atoms with E-state index < -0.39 is 0 Å². The maximum Gasteiger partial charge on any atom is 0.142 e. The lowest BCUT2D eigenvalue weighted by atomic mass is 9.52. The average molecular weight is 422 g/mol. The standard InChI is InChI=1S/C19H28O.C10H15N/c1-3-12-19(2)15(11-13-20)8-9-17-16-6-4-5-14(16)7-10-18(17)19;1-11-7-6-9-4-2-3-5-10(9)8-11/h3,11-14,16-18H,4-10H2,1-2H3;2,4H,3,5-8H2,1H3/b12-3-,15-11-;. The van der Waals surface area contributed by atoms with E-state index in [0.29, 0.717) is 0 Å². The third-order valence-corrected chi connectivity index (χ3v) is 9.23. The number of hydrogen-bond acceptors (Lipinski definition) is 2. The maximum absolute atomic E-state index is 11.0. The molecule has 0 N–H and O–H groups in total. The molecule has 1 heterocycles. The topological polar surface area (TPSA) is 20.3 Å². The molecule has 1 aliphatic heterocycles. The summed E-state index contributed by atoms with van der Waals surface area (Å²) in [5.74, 6) is 3.66. The molecular formula is C29H43NO. The summed E-state index contributed by atoms with van der Waals surface area (Å²) < 4.78 is 0. The Bertz CT molecular complexity index is 772. The van der Waals surface area contributed by atoms with Gasteiger partial charge in [-0.05, 0) is 101 Å². The molecule has 3 fully saturated rings. The molecular weight excluding hydrogens is 378 g/mol. The summed E-state index contributed by atoms with van der Waals surface area (Å²) in [6.07, 6.45) is 25.5. The van der Waals surface area contributed by atoms with Crippen molar-refractivity contribution < 1.29 is 4.79 Å². The van der Waals surface area contributed by atoms with E-state index in [4.69, 9.17) is 0 Å². The molecule has 4 aliphatic carbocycles. The fourth-order valence-corrected chi connectivity index (χ4v) is 7.72. The molecule has 0 aromatic heterocycles. The highest BCUT2D eigenvalue weighted by Crippen LogP contribution is 2.59. The Morgan fingerprint density at radius 3 is 2.74 bits per heavy atom. The molecule has 5 rings (SSSR count). The van der Waals surface area contributed by atoms with Crippen LogP contribution in [0.3, 0.4) is 0 Å². The zero-order valence-electron chi connectivity index (χ0n) is 20.1. The highest BCUT2D eigenvalue weighted by atomic mass is 16.1. The van der Waals surface area contributed by atoms with Crippen molar-refractivity contribution in [1.29, 1.82) is 0 Å². The van der Waals surface area contributed by atoms with Gasteiger partial charge in [0, 0.05) is 18.5 Å². The molecule has 2 nitrogen and oxygen atoms in total. The van der Waals surface area contributed by atoms with Gasteiger partial charge in [-0.15, -0.1) is 0 Å². The highest BCUT2D eigenvalue weighted by Gasteiger charge is 2.50. The van der Waals surface area contributed by atoms with Crippen molar-refractivity contribution in [3.8, 4) is 0 Å². The minimum Gasteiger partial charge on any atom is -0.302 e. The predicted molar refractivity (Wildman–Crippen MR) is 131 cm³/mol. The summed E-state index contributed by atoms with van der Waals surface area (Å²) in [4.78, 5) is 13.4. The van der Waals surface area contributed by atoms with E-state index >= 15 is 0 Å². The summed E-state index contributed by atoms with van der Waals surface area (Å²) in [6.45, 7) is 6.95. The highest BCUT2D eigenvalue weighted by molar-refractivity contribution is 5.67. The number of allylic oxidation sites excluding steroid dienone is 6. The second-order valence-electron chi connectivity index (χ2n) is 10.9. The molecule has 170 valence electrons. The smallest absolute Gasteiger partial charge is 0.142 e. The van der Waals surface area contributed by atoms with Gasteiger partial charge in [0.15, 0.2) is 0 Å². The summed E-state index contributed by atoms with van der Waals surface area (Å²) in [7, 11) is 2.21. The first-order valence-corrected chi connectivity index (χ1v) is 12.9. The fraction of sp³-hybridized carbons (Fsp3) is 0.690. The van der Waals surface area contributed by atoms with Crippen molar-refractivity contribution in [1.82, 2.24) is 4.90 Å². The van der Waals surface area contributed by atoms with Gasteiger partial charge >= 0.3 is 0 Å². The molecule has 3 saturated carbocycles. The second kappa shape index (κ2) is 10.0. The van der Waals surface area contributed by atoms with Crippen molar-refractivity contribution in [2.24, 2.45) is 29.1 Å². The lowest BCUT2D eigenvalue weighted by Crippen LogP contribution is -2.44. The third-order valence-electron chi connectivity index (χ3n) is 9.23. The number of hydrogen-bond donors (Lipinski definition) is 0. The van der Waals surface area contributed by atoms with Crippen LogP contribution in [0.1, 0.15) is 78.1 Å². The van der Waals surface area contributed by atoms with E-state index in [-0.39, 0.29) is 5.41 Å². The number of nitrogens with zero attached hydrogens (tertiary/aromatic N) is 1. The lowest BCUT2D eigenvalue weighted by molar-refractivity contribution is -0.104. The zero-order chi connectivity index (χ0) is 21.8. The van der Waals surface area contributed by atoms with Crippen LogP contribution in [-0.4, -0.2) is 31.3 Å². The van der Waals surface area contributed by atoms with Gasteiger partial charge in [-0.3, -0.25) is 4.79 Å². The first-order valence-electron chi connectivity index (χ1n) is 12.9. The molecule has 0 bridgehead atoms. The molecule has 31 heavy (non-hydrogen) atoms. The van der Waals surface area contributed by atoms with Gasteiger partial charge in [-0.1, -0.05) is 55.2 Å². The van der Waals surface area contributed by atoms with Crippen LogP contribution < -0.4 is 0 Å². The first kappa shape index (κ1) is 22.8. The molecule has 0 radical (unpaired) electrons. The number of carbonyl (C=O) groups is 1. The summed E-state index contributed by atoms with van der Waals surface area (Å²) in [6, 6.07) is 0. The van der Waals surface area contributed by atoms with Crippen molar-refractivity contribution in [2.45, 2.75) is 78.1 Å². The molecule has 5 unspecified atom stereocenters. The Hall–Kier alpha value is -1.41. The van der Waals surface area contributed by atoms with Crippen molar-refractivity contribution >= 4 is 6.29 Å². The Kier molecular flexibility index (Phi) is 7.37. The summed E-state index contributed by atoms with van der Waals surface area (Å²) in [5.41, 5.74) is 4.81. The van der Waals surface area contributed by atoms with Crippen molar-refractivity contribution in [2.75, 3.05) is 20.1 Å². The zero-order valence-corrected chi connectivity index (χ0v) is 20.1. The molecule has 0 aromatic carbocycles. The van der Waals surface area contributed by atoms with Crippen LogP contribution in [0, 0.1) is 29.1 Å². The molecule has 0 amide bonds. The van der Waals surface area contributed by atoms with E-state index in [9.17, 15) is 4.79 Å². The normalized spacial score (nSPS) is 39.0. The number of aldehydes is 1. The lowest BCUT2D eigenvalue weighted by Gasteiger charge is -2.52. The minimum absolute atomic E-state index is 0.131. The van der Waals surface area contributed by atoms with Gasteiger partial charge in [-0.2, -0.15) is 0 Å². The Balaban J connectivity index is 0.000000177. The molecule has 0 saturated heterocycles. The molecule has 5 atom stereocenters. The van der Waals surface area contributed by atoms with Gasteiger partial charge < -0.3 is 4.90 Å². The summed E-state index contributed by atoms with van der Waals surface area (Å²) >= 11 is 0. The monoisotopic (exact) mass is 421 g/mol. The Morgan fingerprint density at radius 2 is 1.94 bits per heavy atom. The molecule has 2 heteroatoms. The first-order chi connectivity index (χ1) is 15.1. The van der Waals surface area contributed by atoms with Gasteiger partial charge in [0.25, 0.3) is 0 Å². The number of rotatable bonds is 2. The van der Waals surface area contributed by atoms with Crippen LogP contribution in [0.5, 0.6) is 0 Å². The number of likely N-dealkylation sites (N-methyl/N-ethyl adjacent to an activating group) is 1. The number of carbonyl (C=O) groups excluding carboxylic acids is 1. The maximum atomic E-state index is 11.0. The van der Waals surface area contributed by atoms with E-state index in [1.165, 1.54) is 76.5 Å². The fourth-order valence-electron chi connectivity index (χ4n) is 7.72. The SMILES string of the molecule is C/C=C\C1(C)/C(=C\C=O)CCC2C3CCCC3CCC21.CN1CCC2=C(CCC=C2)C1. The van der Waals surface area contributed by atoms with Crippen molar-refractivity contribution in [3.05, 3.63) is 47.1 Å². The Morgan fingerprint density at radius 1 is 1.06 bits per heavy atom. The molecule has 5 aliphatic rings. The minimum atomic E-state index is 0.131. The van der Waals surface area contributed by atoms with Crippen LogP contribution in [0.2, 0.25) is 0 Å². The van der Waals surface area contributed by atoms with Crippen molar-refractivity contribution in [3.63, 3.8) is 0 Å². The van der Waals surface area contributed by atoms with Gasteiger partial charge in [0.1, 0.15) is 6.29 Å².